The van der Waals surface area contributed by atoms with Crippen molar-refractivity contribution in [3.05, 3.63) is 11.6 Å². The maximum absolute atomic E-state index is 2.38. The Labute approximate surface area is 78.1 Å². The Balaban J connectivity index is 3.96. The molecule has 0 radical (unpaired) electrons. The zero-order chi connectivity index (χ0) is 9.78. The first-order valence-electron chi connectivity index (χ1n) is 4.99. The summed E-state index contributed by atoms with van der Waals surface area (Å²) >= 11 is 0. The maximum Gasteiger partial charge on any atom is -0.0172 e. The van der Waals surface area contributed by atoms with Crippen molar-refractivity contribution in [1.82, 2.24) is 0 Å². The minimum absolute atomic E-state index is 0.392. The Hall–Kier alpha value is -0.260. The molecule has 0 nitrogen and oxygen atoms in total. The van der Waals surface area contributed by atoms with Crippen LogP contribution in [-0.2, 0) is 0 Å². The van der Waals surface area contributed by atoms with Gasteiger partial charge in [-0.15, -0.1) is 0 Å². The Morgan fingerprint density at radius 3 is 2.08 bits per heavy atom. The van der Waals surface area contributed by atoms with Gasteiger partial charge in [0.05, 0.1) is 0 Å². The van der Waals surface area contributed by atoms with Gasteiger partial charge in [-0.1, -0.05) is 45.8 Å². The first-order valence-corrected chi connectivity index (χ1v) is 4.99. The van der Waals surface area contributed by atoms with Crippen LogP contribution in [0, 0.1) is 11.3 Å². The molecule has 0 aromatic rings. The van der Waals surface area contributed by atoms with Crippen molar-refractivity contribution in [1.29, 1.82) is 0 Å². The van der Waals surface area contributed by atoms with Gasteiger partial charge in [0, 0.05) is 0 Å². The van der Waals surface area contributed by atoms with Crippen LogP contribution >= 0.6 is 0 Å². The van der Waals surface area contributed by atoms with Crippen LogP contribution in [-0.4, -0.2) is 0 Å². The first-order chi connectivity index (χ1) is 5.33. The van der Waals surface area contributed by atoms with Crippen molar-refractivity contribution in [2.24, 2.45) is 11.3 Å². The minimum Gasteiger partial charge on any atom is -0.0802 e. The Kier molecular flexibility index (Phi) is 4.59. The number of rotatable bonds is 4. The molecule has 0 bridgehead atoms. The molecule has 12 heavy (non-hydrogen) atoms. The van der Waals surface area contributed by atoms with E-state index in [9.17, 15) is 0 Å². The average molecular weight is 168 g/mol. The summed E-state index contributed by atoms with van der Waals surface area (Å²) in [4.78, 5) is 0. The number of hydrogen-bond donors (Lipinski definition) is 0. The lowest BCUT2D eigenvalue weighted by Crippen LogP contribution is -2.09. The molecular weight excluding hydrogens is 144 g/mol. The van der Waals surface area contributed by atoms with E-state index in [4.69, 9.17) is 0 Å². The fourth-order valence-electron chi connectivity index (χ4n) is 1.51. The van der Waals surface area contributed by atoms with Crippen molar-refractivity contribution in [2.75, 3.05) is 0 Å². The molecule has 0 heteroatoms. The molecule has 0 amide bonds. The summed E-state index contributed by atoms with van der Waals surface area (Å²) in [5.74, 6) is 0.829. The molecule has 0 aliphatic heterocycles. The van der Waals surface area contributed by atoms with Crippen molar-refractivity contribution in [2.45, 2.75) is 54.4 Å². The molecule has 0 N–H and O–H groups in total. The van der Waals surface area contributed by atoms with E-state index < -0.39 is 0 Å². The molecule has 0 aliphatic rings. The number of allylic oxidation sites excluding steroid dienone is 2. The SMILES string of the molecule is CC(C)=CC(C)(C)CCC(C)C. The highest BCUT2D eigenvalue weighted by Gasteiger charge is 2.14. The van der Waals surface area contributed by atoms with E-state index in [0.29, 0.717) is 5.41 Å². The summed E-state index contributed by atoms with van der Waals surface area (Å²) in [7, 11) is 0. The number of hydrogen-bond acceptors (Lipinski definition) is 0. The van der Waals surface area contributed by atoms with Crippen LogP contribution in [0.1, 0.15) is 54.4 Å². The molecular formula is C12H24. The highest BCUT2D eigenvalue weighted by Crippen LogP contribution is 2.27. The summed E-state index contributed by atoms with van der Waals surface area (Å²) in [5.41, 5.74) is 1.83. The second-order valence-electron chi connectivity index (χ2n) is 5.14. The van der Waals surface area contributed by atoms with Gasteiger partial charge < -0.3 is 0 Å². The van der Waals surface area contributed by atoms with Crippen LogP contribution in [0.15, 0.2) is 11.6 Å². The van der Waals surface area contributed by atoms with Crippen LogP contribution in [0.2, 0.25) is 0 Å². The van der Waals surface area contributed by atoms with E-state index in [-0.39, 0.29) is 0 Å². The summed E-state index contributed by atoms with van der Waals surface area (Å²) in [6.45, 7) is 13.6. The quantitative estimate of drug-likeness (QED) is 0.545. The van der Waals surface area contributed by atoms with E-state index in [0.717, 1.165) is 5.92 Å². The van der Waals surface area contributed by atoms with Crippen LogP contribution in [0.25, 0.3) is 0 Å². The van der Waals surface area contributed by atoms with Gasteiger partial charge in [0.25, 0.3) is 0 Å². The standard InChI is InChI=1S/C12H24/c1-10(2)7-8-12(5,6)9-11(3)4/h9-10H,7-8H2,1-6H3. The molecule has 0 atom stereocenters. The van der Waals surface area contributed by atoms with Gasteiger partial charge in [-0.2, -0.15) is 0 Å². The van der Waals surface area contributed by atoms with Crippen molar-refractivity contribution in [3.8, 4) is 0 Å². The summed E-state index contributed by atoms with van der Waals surface area (Å²) < 4.78 is 0. The van der Waals surface area contributed by atoms with Gasteiger partial charge in [-0.3, -0.25) is 0 Å². The predicted octanol–water partition coefficient (Wildman–Crippen LogP) is 4.42. The van der Waals surface area contributed by atoms with Crippen molar-refractivity contribution < 1.29 is 0 Å². The third-order valence-electron chi connectivity index (χ3n) is 2.05. The van der Waals surface area contributed by atoms with Crippen molar-refractivity contribution in [3.63, 3.8) is 0 Å². The zero-order valence-corrected chi connectivity index (χ0v) is 9.57. The third kappa shape index (κ3) is 6.45. The van der Waals surface area contributed by atoms with E-state index in [1.165, 1.54) is 18.4 Å². The Morgan fingerprint density at radius 2 is 1.75 bits per heavy atom. The molecule has 72 valence electrons. The molecule has 0 saturated carbocycles. The molecule has 0 spiro atoms. The largest absolute Gasteiger partial charge is 0.0802 e. The topological polar surface area (TPSA) is 0 Å². The smallest absolute Gasteiger partial charge is 0.0172 e. The normalized spacial score (nSPS) is 11.9. The summed E-state index contributed by atoms with van der Waals surface area (Å²) in [6, 6.07) is 0. The van der Waals surface area contributed by atoms with Crippen LogP contribution < -0.4 is 0 Å². The van der Waals surface area contributed by atoms with Gasteiger partial charge in [0.1, 0.15) is 0 Å². The van der Waals surface area contributed by atoms with Crippen molar-refractivity contribution >= 4 is 0 Å². The fraction of sp³-hybridized carbons (Fsp3) is 0.833. The second-order valence-corrected chi connectivity index (χ2v) is 5.14. The molecule has 0 fully saturated rings. The molecule has 0 rings (SSSR count). The van der Waals surface area contributed by atoms with E-state index in [2.05, 4.69) is 47.6 Å². The van der Waals surface area contributed by atoms with E-state index in [1.807, 2.05) is 0 Å². The molecule has 0 aliphatic carbocycles. The molecule has 0 aromatic heterocycles. The van der Waals surface area contributed by atoms with E-state index in [1.54, 1.807) is 0 Å². The van der Waals surface area contributed by atoms with Crippen LogP contribution in [0.3, 0.4) is 0 Å². The predicted molar refractivity (Wildman–Crippen MR) is 57.3 cm³/mol. The lowest BCUT2D eigenvalue weighted by atomic mass is 9.84. The maximum atomic E-state index is 2.38. The van der Waals surface area contributed by atoms with Gasteiger partial charge in [0.15, 0.2) is 0 Å². The Bertz CT molecular complexity index is 145. The monoisotopic (exact) mass is 168 g/mol. The lowest BCUT2D eigenvalue weighted by Gasteiger charge is -2.22. The average Bonchev–Trinajstić information content (AvgIpc) is 1.81. The molecule has 0 saturated heterocycles. The van der Waals surface area contributed by atoms with E-state index >= 15 is 0 Å². The van der Waals surface area contributed by atoms with Gasteiger partial charge in [0.2, 0.25) is 0 Å². The minimum atomic E-state index is 0.392. The molecule has 0 aromatic carbocycles. The van der Waals surface area contributed by atoms with Crippen LogP contribution in [0.4, 0.5) is 0 Å². The fourth-order valence-corrected chi connectivity index (χ4v) is 1.51. The molecule has 0 unspecified atom stereocenters. The molecule has 0 heterocycles. The zero-order valence-electron chi connectivity index (χ0n) is 9.57. The van der Waals surface area contributed by atoms with Gasteiger partial charge in [-0.25, -0.2) is 0 Å². The van der Waals surface area contributed by atoms with Gasteiger partial charge >= 0.3 is 0 Å². The first kappa shape index (κ1) is 11.7. The second kappa shape index (κ2) is 4.69. The summed E-state index contributed by atoms with van der Waals surface area (Å²) in [6.07, 6.45) is 5.02. The highest BCUT2D eigenvalue weighted by atomic mass is 14.2. The third-order valence-corrected chi connectivity index (χ3v) is 2.05. The highest BCUT2D eigenvalue weighted by molar-refractivity contribution is 5.01. The summed E-state index contributed by atoms with van der Waals surface area (Å²) in [5, 5.41) is 0. The van der Waals surface area contributed by atoms with Crippen LogP contribution in [0.5, 0.6) is 0 Å². The Morgan fingerprint density at radius 1 is 1.25 bits per heavy atom. The van der Waals surface area contributed by atoms with Gasteiger partial charge in [-0.05, 0) is 31.6 Å². The lowest BCUT2D eigenvalue weighted by molar-refractivity contribution is 0.381.